The summed E-state index contributed by atoms with van der Waals surface area (Å²) in [6, 6.07) is 1.98. The average molecular weight is 210 g/mol. The fourth-order valence-electron chi connectivity index (χ4n) is 1.77. The summed E-state index contributed by atoms with van der Waals surface area (Å²) < 4.78 is 5.56. The Hall–Kier alpha value is -0.670. The van der Waals surface area contributed by atoms with Gasteiger partial charge in [0.05, 0.1) is 11.0 Å². The number of rotatable bonds is 2. The van der Waals surface area contributed by atoms with Crippen molar-refractivity contribution >= 4 is 17.1 Å². The minimum Gasteiger partial charge on any atom is -0.367 e. The molecular weight excluding hydrogens is 196 g/mol. The minimum absolute atomic E-state index is 0.168. The fraction of sp³-hybridized carbons (Fsp3) is 0.545. The van der Waals surface area contributed by atoms with Gasteiger partial charge in [0, 0.05) is 0 Å². The molecule has 2 nitrogen and oxygen atoms in total. The third-order valence-corrected chi connectivity index (χ3v) is 3.64. The molecule has 1 fully saturated rings. The van der Waals surface area contributed by atoms with Gasteiger partial charge >= 0.3 is 0 Å². The molecule has 1 aromatic rings. The molecule has 2 heterocycles. The summed E-state index contributed by atoms with van der Waals surface area (Å²) >= 11 is 1.52. The summed E-state index contributed by atoms with van der Waals surface area (Å²) in [6.45, 7) is 4.00. The summed E-state index contributed by atoms with van der Waals surface area (Å²) in [5, 5.41) is 1.96. The molecule has 0 radical (unpaired) electrons. The molecule has 1 aliphatic heterocycles. The van der Waals surface area contributed by atoms with Gasteiger partial charge in [0.1, 0.15) is 6.10 Å². The van der Waals surface area contributed by atoms with E-state index in [1.807, 2.05) is 25.3 Å². The first-order valence-electron chi connectivity index (χ1n) is 4.92. The Morgan fingerprint density at radius 2 is 2.36 bits per heavy atom. The molecule has 3 heteroatoms. The Labute approximate surface area is 87.9 Å². The maximum absolute atomic E-state index is 12.0. The Morgan fingerprint density at radius 3 is 2.86 bits per heavy atom. The lowest BCUT2D eigenvalue weighted by molar-refractivity contribution is 0.0436. The summed E-state index contributed by atoms with van der Waals surface area (Å²) in [5.74, 6) is 0.168. The number of Topliss-reactive ketones (excluding diaryl/α,β-unsaturated/α-hetero) is 1. The fourth-order valence-corrected chi connectivity index (χ4v) is 2.68. The highest BCUT2D eigenvalue weighted by Gasteiger charge is 2.30. The summed E-state index contributed by atoms with van der Waals surface area (Å²) in [5.41, 5.74) is 1.07. The maximum Gasteiger partial charge on any atom is 0.201 e. The molecule has 0 spiro atoms. The molecule has 0 amide bonds. The van der Waals surface area contributed by atoms with Crippen molar-refractivity contribution in [3.63, 3.8) is 0 Å². The predicted octanol–water partition coefficient (Wildman–Crippen LogP) is 2.81. The molecule has 0 aromatic carbocycles. The Kier molecular flexibility index (Phi) is 2.70. The van der Waals surface area contributed by atoms with Crippen molar-refractivity contribution in [3.8, 4) is 0 Å². The van der Waals surface area contributed by atoms with Crippen LogP contribution in [0.4, 0.5) is 0 Å². The van der Waals surface area contributed by atoms with Crippen LogP contribution in [-0.2, 0) is 4.74 Å². The van der Waals surface area contributed by atoms with Crippen molar-refractivity contribution in [1.82, 2.24) is 0 Å². The van der Waals surface area contributed by atoms with Crippen molar-refractivity contribution in [3.05, 3.63) is 21.9 Å². The lowest BCUT2D eigenvalue weighted by Gasteiger charge is -2.08. The number of hydrogen-bond donors (Lipinski definition) is 0. The summed E-state index contributed by atoms with van der Waals surface area (Å²) in [7, 11) is 0. The third kappa shape index (κ3) is 1.74. The molecule has 2 atom stereocenters. The highest BCUT2D eigenvalue weighted by atomic mass is 32.1. The van der Waals surface area contributed by atoms with E-state index in [1.165, 1.54) is 11.3 Å². The van der Waals surface area contributed by atoms with Crippen molar-refractivity contribution < 1.29 is 9.53 Å². The largest absolute Gasteiger partial charge is 0.367 e. The Balaban J connectivity index is 2.13. The van der Waals surface area contributed by atoms with Crippen LogP contribution in [0.5, 0.6) is 0 Å². The van der Waals surface area contributed by atoms with E-state index in [0.717, 1.165) is 23.3 Å². The van der Waals surface area contributed by atoms with Crippen LogP contribution in [0.15, 0.2) is 11.4 Å². The smallest absolute Gasteiger partial charge is 0.201 e. The summed E-state index contributed by atoms with van der Waals surface area (Å²) in [6.07, 6.45) is 1.92. The van der Waals surface area contributed by atoms with Gasteiger partial charge in [0.25, 0.3) is 0 Å². The monoisotopic (exact) mass is 210 g/mol. The van der Waals surface area contributed by atoms with Crippen molar-refractivity contribution in [1.29, 1.82) is 0 Å². The minimum atomic E-state index is -0.192. The number of aryl methyl sites for hydroxylation is 1. The van der Waals surface area contributed by atoms with E-state index in [0.29, 0.717) is 0 Å². The number of thiophene rings is 1. The second-order valence-corrected chi connectivity index (χ2v) is 4.73. The zero-order chi connectivity index (χ0) is 10.1. The van der Waals surface area contributed by atoms with Crippen LogP contribution in [0.25, 0.3) is 0 Å². The van der Waals surface area contributed by atoms with Gasteiger partial charge in [-0.2, -0.15) is 0 Å². The van der Waals surface area contributed by atoms with Crippen molar-refractivity contribution in [2.45, 2.75) is 38.9 Å². The van der Waals surface area contributed by atoms with Crippen LogP contribution < -0.4 is 0 Å². The molecule has 1 aromatic heterocycles. The second-order valence-electron chi connectivity index (χ2n) is 3.81. The van der Waals surface area contributed by atoms with E-state index in [1.54, 1.807) is 0 Å². The average Bonchev–Trinajstić information content (AvgIpc) is 2.73. The number of carbonyl (C=O) groups is 1. The van der Waals surface area contributed by atoms with Crippen molar-refractivity contribution in [2.75, 3.05) is 0 Å². The van der Waals surface area contributed by atoms with Gasteiger partial charge in [-0.25, -0.2) is 0 Å². The number of carbonyl (C=O) groups excluding carboxylic acids is 1. The van der Waals surface area contributed by atoms with Gasteiger partial charge in [-0.15, -0.1) is 11.3 Å². The maximum atomic E-state index is 12.0. The lowest BCUT2D eigenvalue weighted by Crippen LogP contribution is -2.20. The predicted molar refractivity (Wildman–Crippen MR) is 57.0 cm³/mol. The van der Waals surface area contributed by atoms with Gasteiger partial charge in [0.15, 0.2) is 0 Å². The molecule has 0 bridgehead atoms. The Bertz CT molecular complexity index is 343. The molecule has 76 valence electrons. The first kappa shape index (κ1) is 9.87. The third-order valence-electron chi connectivity index (χ3n) is 2.61. The van der Waals surface area contributed by atoms with Crippen LogP contribution >= 0.6 is 11.3 Å². The molecule has 0 saturated carbocycles. The van der Waals surface area contributed by atoms with E-state index < -0.39 is 0 Å². The standard InChI is InChI=1S/C11H14O2S/c1-7-5-6-14-11(7)10(12)9-4-3-8(2)13-9/h5-6,8-9H,3-4H2,1-2H3. The van der Waals surface area contributed by atoms with Crippen LogP contribution in [0.3, 0.4) is 0 Å². The van der Waals surface area contributed by atoms with Gasteiger partial charge < -0.3 is 4.74 Å². The van der Waals surface area contributed by atoms with E-state index in [-0.39, 0.29) is 18.0 Å². The second kappa shape index (κ2) is 3.83. The SMILES string of the molecule is Cc1ccsc1C(=O)C1CCC(C)O1. The van der Waals surface area contributed by atoms with Gasteiger partial charge in [-0.05, 0) is 43.7 Å². The molecule has 14 heavy (non-hydrogen) atoms. The number of ether oxygens (including phenoxy) is 1. The topological polar surface area (TPSA) is 26.3 Å². The molecule has 2 rings (SSSR count). The zero-order valence-electron chi connectivity index (χ0n) is 8.45. The van der Waals surface area contributed by atoms with Crippen LogP contribution in [0.2, 0.25) is 0 Å². The van der Waals surface area contributed by atoms with Crippen LogP contribution in [-0.4, -0.2) is 18.0 Å². The van der Waals surface area contributed by atoms with Gasteiger partial charge in [0.2, 0.25) is 5.78 Å². The van der Waals surface area contributed by atoms with E-state index in [4.69, 9.17) is 4.74 Å². The molecular formula is C11H14O2S. The molecule has 1 saturated heterocycles. The van der Waals surface area contributed by atoms with Crippen LogP contribution in [0, 0.1) is 6.92 Å². The normalized spacial score (nSPS) is 26.7. The first-order chi connectivity index (χ1) is 6.68. The molecule has 0 N–H and O–H groups in total. The highest BCUT2D eigenvalue weighted by Crippen LogP contribution is 2.26. The van der Waals surface area contributed by atoms with E-state index >= 15 is 0 Å². The lowest BCUT2D eigenvalue weighted by atomic mass is 10.1. The first-order valence-corrected chi connectivity index (χ1v) is 5.80. The number of hydrogen-bond acceptors (Lipinski definition) is 3. The molecule has 1 aliphatic rings. The van der Waals surface area contributed by atoms with E-state index in [2.05, 4.69) is 0 Å². The van der Waals surface area contributed by atoms with Crippen LogP contribution in [0.1, 0.15) is 35.0 Å². The van der Waals surface area contributed by atoms with Gasteiger partial charge in [-0.1, -0.05) is 0 Å². The molecule has 0 aliphatic carbocycles. The summed E-state index contributed by atoms with van der Waals surface area (Å²) in [4.78, 5) is 12.8. The van der Waals surface area contributed by atoms with Crippen molar-refractivity contribution in [2.24, 2.45) is 0 Å². The van der Waals surface area contributed by atoms with Gasteiger partial charge in [-0.3, -0.25) is 4.79 Å². The zero-order valence-corrected chi connectivity index (χ0v) is 9.26. The number of ketones is 1. The molecule has 2 unspecified atom stereocenters. The highest BCUT2D eigenvalue weighted by molar-refractivity contribution is 7.12. The quantitative estimate of drug-likeness (QED) is 0.702. The van der Waals surface area contributed by atoms with E-state index in [9.17, 15) is 4.79 Å². The Morgan fingerprint density at radius 1 is 1.57 bits per heavy atom.